The van der Waals surface area contributed by atoms with Crippen molar-refractivity contribution in [2.45, 2.75) is 6.42 Å². The Morgan fingerprint density at radius 1 is 1.24 bits per heavy atom. The van der Waals surface area contributed by atoms with E-state index in [0.717, 1.165) is 23.1 Å². The molecule has 0 unspecified atom stereocenters. The molecule has 1 aromatic heterocycles. The van der Waals surface area contributed by atoms with Gasteiger partial charge in [0.05, 0.1) is 7.11 Å². The summed E-state index contributed by atoms with van der Waals surface area (Å²) in [5.74, 6) is 11.9. The zero-order valence-corrected chi connectivity index (χ0v) is 13.8. The van der Waals surface area contributed by atoms with E-state index in [1.807, 2.05) is 30.3 Å². The molecular weight excluding hydrogens is 314 g/mol. The fraction of sp³-hybridized carbons (Fsp3) is 0.238. The summed E-state index contributed by atoms with van der Waals surface area (Å²) in [6, 6.07) is 11.2. The van der Waals surface area contributed by atoms with Crippen molar-refractivity contribution in [2.75, 3.05) is 13.7 Å². The summed E-state index contributed by atoms with van der Waals surface area (Å²) in [5.41, 5.74) is 3.00. The lowest BCUT2D eigenvalue weighted by molar-refractivity contribution is 0.0594. The SMILES string of the molecule is COC(=O)c1cc(-c2ccc(C#CC#C[C@@H]3C[C@H]3CO)cc2)ccn1. The first-order valence-electron chi connectivity index (χ1n) is 7.98. The minimum absolute atomic E-state index is 0.209. The smallest absolute Gasteiger partial charge is 0.356 e. The standard InChI is InChI=1S/C21H17NO3/c1-25-21(24)20-13-18(10-11-22-20)16-8-6-15(7-9-16)4-2-3-5-17-12-19(17)14-23/h6-11,13,17,19,23H,12,14H2,1H3/t17-,19+/m1/s1. The average molecular weight is 331 g/mol. The lowest BCUT2D eigenvalue weighted by Gasteiger charge is -2.04. The van der Waals surface area contributed by atoms with Gasteiger partial charge in [0.2, 0.25) is 0 Å². The number of esters is 1. The number of methoxy groups -OCH3 is 1. The van der Waals surface area contributed by atoms with Crippen molar-refractivity contribution in [1.82, 2.24) is 4.98 Å². The van der Waals surface area contributed by atoms with Crippen LogP contribution in [0.1, 0.15) is 22.5 Å². The van der Waals surface area contributed by atoms with Crippen LogP contribution in [0.5, 0.6) is 0 Å². The van der Waals surface area contributed by atoms with Gasteiger partial charge in [-0.2, -0.15) is 0 Å². The number of hydrogen-bond donors (Lipinski definition) is 1. The zero-order chi connectivity index (χ0) is 17.6. The Hall–Kier alpha value is -3.08. The van der Waals surface area contributed by atoms with E-state index in [-0.39, 0.29) is 12.3 Å². The van der Waals surface area contributed by atoms with Crippen molar-refractivity contribution in [3.05, 3.63) is 53.9 Å². The second kappa shape index (κ2) is 7.66. The number of carbonyl (C=O) groups excluding carboxylic acids is 1. The van der Waals surface area contributed by atoms with Gasteiger partial charge in [0.25, 0.3) is 0 Å². The fourth-order valence-electron chi connectivity index (χ4n) is 2.43. The van der Waals surface area contributed by atoms with E-state index in [2.05, 4.69) is 33.4 Å². The Morgan fingerprint density at radius 2 is 2.04 bits per heavy atom. The molecule has 0 amide bonds. The van der Waals surface area contributed by atoms with Crippen LogP contribution in [-0.4, -0.2) is 29.8 Å². The maximum atomic E-state index is 11.6. The summed E-state index contributed by atoms with van der Waals surface area (Å²) in [5, 5.41) is 8.96. The molecule has 1 aliphatic carbocycles. The number of rotatable bonds is 3. The highest BCUT2D eigenvalue weighted by Gasteiger charge is 2.34. The first-order valence-corrected chi connectivity index (χ1v) is 7.98. The number of pyridine rings is 1. The Balaban J connectivity index is 1.70. The molecule has 1 aliphatic rings. The number of aliphatic hydroxyl groups excluding tert-OH is 1. The second-order valence-corrected chi connectivity index (χ2v) is 5.80. The minimum atomic E-state index is -0.456. The van der Waals surface area contributed by atoms with Gasteiger partial charge >= 0.3 is 5.97 Å². The molecule has 124 valence electrons. The molecule has 0 spiro atoms. The van der Waals surface area contributed by atoms with E-state index in [9.17, 15) is 4.79 Å². The third-order valence-corrected chi connectivity index (χ3v) is 4.06. The van der Waals surface area contributed by atoms with Gasteiger partial charge in [-0.25, -0.2) is 9.78 Å². The van der Waals surface area contributed by atoms with Crippen LogP contribution >= 0.6 is 0 Å². The van der Waals surface area contributed by atoms with Gasteiger partial charge in [0.15, 0.2) is 0 Å². The monoisotopic (exact) mass is 331 g/mol. The van der Waals surface area contributed by atoms with Crippen LogP contribution in [0.15, 0.2) is 42.6 Å². The summed E-state index contributed by atoms with van der Waals surface area (Å²) in [4.78, 5) is 15.6. The van der Waals surface area contributed by atoms with Gasteiger partial charge in [-0.1, -0.05) is 24.0 Å². The molecule has 2 atom stereocenters. The first-order chi connectivity index (χ1) is 12.2. The number of ether oxygens (including phenoxy) is 1. The van der Waals surface area contributed by atoms with Crippen molar-refractivity contribution < 1.29 is 14.6 Å². The Bertz CT molecular complexity index is 894. The molecule has 0 aliphatic heterocycles. The molecular formula is C21H17NO3. The minimum Gasteiger partial charge on any atom is -0.464 e. The summed E-state index contributed by atoms with van der Waals surface area (Å²) < 4.78 is 4.69. The maximum absolute atomic E-state index is 11.6. The van der Waals surface area contributed by atoms with Crippen LogP contribution < -0.4 is 0 Å². The number of aliphatic hydroxyl groups is 1. The van der Waals surface area contributed by atoms with Gasteiger partial charge in [0.1, 0.15) is 5.69 Å². The van der Waals surface area contributed by atoms with Gasteiger partial charge in [-0.3, -0.25) is 0 Å². The molecule has 2 aromatic rings. The van der Waals surface area contributed by atoms with E-state index in [1.165, 1.54) is 7.11 Å². The molecule has 4 heteroatoms. The van der Waals surface area contributed by atoms with Gasteiger partial charge in [-0.05, 0) is 59.6 Å². The third-order valence-electron chi connectivity index (χ3n) is 4.06. The van der Waals surface area contributed by atoms with Gasteiger partial charge in [0, 0.05) is 24.3 Å². The summed E-state index contributed by atoms with van der Waals surface area (Å²) in [6.07, 6.45) is 2.56. The van der Waals surface area contributed by atoms with Crippen molar-refractivity contribution in [1.29, 1.82) is 0 Å². The highest BCUT2D eigenvalue weighted by atomic mass is 16.5. The zero-order valence-electron chi connectivity index (χ0n) is 13.8. The molecule has 25 heavy (non-hydrogen) atoms. The first kappa shape index (κ1) is 16.8. The summed E-state index contributed by atoms with van der Waals surface area (Å²) >= 11 is 0. The predicted octanol–water partition coefficient (Wildman–Crippen LogP) is 2.52. The van der Waals surface area contributed by atoms with Crippen molar-refractivity contribution >= 4 is 5.97 Å². The quantitative estimate of drug-likeness (QED) is 0.693. The summed E-state index contributed by atoms with van der Waals surface area (Å²) in [6.45, 7) is 0.209. The number of benzene rings is 1. The Labute approximate surface area is 146 Å². The van der Waals surface area contributed by atoms with Crippen molar-refractivity contribution in [3.8, 4) is 34.8 Å². The number of aromatic nitrogens is 1. The second-order valence-electron chi connectivity index (χ2n) is 5.80. The van der Waals surface area contributed by atoms with Gasteiger partial charge < -0.3 is 9.84 Å². The van der Waals surface area contributed by atoms with Crippen LogP contribution in [0.25, 0.3) is 11.1 Å². The average Bonchev–Trinajstić information content (AvgIpc) is 3.44. The molecule has 3 rings (SSSR count). The molecule has 0 bridgehead atoms. The van der Waals surface area contributed by atoms with Crippen LogP contribution in [0, 0.1) is 35.5 Å². The lowest BCUT2D eigenvalue weighted by atomic mass is 10.0. The normalized spacial score (nSPS) is 17.5. The van der Waals surface area contributed by atoms with E-state index in [0.29, 0.717) is 11.8 Å². The van der Waals surface area contributed by atoms with E-state index in [1.54, 1.807) is 12.3 Å². The molecule has 1 fully saturated rings. The number of nitrogens with zero attached hydrogens (tertiary/aromatic N) is 1. The van der Waals surface area contributed by atoms with E-state index < -0.39 is 5.97 Å². The third kappa shape index (κ3) is 4.26. The molecule has 1 saturated carbocycles. The van der Waals surface area contributed by atoms with Crippen LogP contribution in [-0.2, 0) is 4.74 Å². The van der Waals surface area contributed by atoms with Crippen LogP contribution in [0.3, 0.4) is 0 Å². The van der Waals surface area contributed by atoms with Crippen molar-refractivity contribution in [2.24, 2.45) is 11.8 Å². The van der Waals surface area contributed by atoms with Crippen LogP contribution in [0.2, 0.25) is 0 Å². The highest BCUT2D eigenvalue weighted by molar-refractivity contribution is 5.88. The topological polar surface area (TPSA) is 59.4 Å². The molecule has 1 aromatic carbocycles. The Kier molecular flexibility index (Phi) is 5.14. The van der Waals surface area contributed by atoms with E-state index in [4.69, 9.17) is 5.11 Å². The van der Waals surface area contributed by atoms with Crippen LogP contribution in [0.4, 0.5) is 0 Å². The molecule has 4 nitrogen and oxygen atoms in total. The summed E-state index contributed by atoms with van der Waals surface area (Å²) in [7, 11) is 1.33. The number of carbonyl (C=O) groups is 1. The largest absolute Gasteiger partial charge is 0.464 e. The Morgan fingerprint density at radius 3 is 2.72 bits per heavy atom. The molecule has 1 N–H and O–H groups in total. The van der Waals surface area contributed by atoms with E-state index >= 15 is 0 Å². The predicted molar refractivity (Wildman–Crippen MR) is 94.3 cm³/mol. The van der Waals surface area contributed by atoms with Gasteiger partial charge in [-0.15, -0.1) is 0 Å². The lowest BCUT2D eigenvalue weighted by Crippen LogP contribution is -2.03. The fourth-order valence-corrected chi connectivity index (χ4v) is 2.43. The molecule has 0 saturated heterocycles. The number of hydrogen-bond acceptors (Lipinski definition) is 4. The maximum Gasteiger partial charge on any atom is 0.356 e. The van der Waals surface area contributed by atoms with Crippen molar-refractivity contribution in [3.63, 3.8) is 0 Å². The highest BCUT2D eigenvalue weighted by Crippen LogP contribution is 2.36. The molecule has 1 heterocycles. The molecule has 0 radical (unpaired) electrons.